The van der Waals surface area contributed by atoms with Crippen LogP contribution in [0.4, 0.5) is 0 Å². The molecule has 0 aliphatic rings. The van der Waals surface area contributed by atoms with E-state index in [4.69, 9.17) is 15.3 Å². The predicted molar refractivity (Wildman–Crippen MR) is 57.5 cm³/mol. The second kappa shape index (κ2) is 8.50. The number of hydrogen-bond donors (Lipinski definition) is 3. The quantitative estimate of drug-likeness (QED) is 0.274. The minimum absolute atomic E-state index is 0.176. The summed E-state index contributed by atoms with van der Waals surface area (Å²) in [7, 11) is 0. The van der Waals surface area contributed by atoms with Crippen LogP contribution in [0.25, 0.3) is 0 Å². The second-order valence-corrected chi connectivity index (χ2v) is 2.80. The summed E-state index contributed by atoms with van der Waals surface area (Å²) in [4.78, 5) is 40.5. The van der Waals surface area contributed by atoms with Gasteiger partial charge in [-0.1, -0.05) is 13.2 Å². The van der Waals surface area contributed by atoms with Crippen molar-refractivity contribution in [2.75, 3.05) is 0 Å². The monoisotopic (exact) mass is 260 g/mol. The van der Waals surface area contributed by atoms with Crippen LogP contribution in [-0.4, -0.2) is 39.2 Å². The highest BCUT2D eigenvalue weighted by Gasteiger charge is 2.35. The van der Waals surface area contributed by atoms with Crippen molar-refractivity contribution in [3.05, 3.63) is 25.0 Å². The molecule has 18 heavy (non-hydrogen) atoms. The van der Waals surface area contributed by atoms with Crippen molar-refractivity contribution in [2.45, 2.75) is 6.92 Å². The standard InChI is InChI=1S/C6H6O6.C4H6O2/c1-2-12-6(11)3(4(7)8)5(9)10;1-3(2)4(5)6/h2-3H,1H2,(H,7,8)(H,9,10);1H2,2H3,(H,5,6). The van der Waals surface area contributed by atoms with Crippen LogP contribution >= 0.6 is 0 Å². The van der Waals surface area contributed by atoms with E-state index in [1.54, 1.807) is 0 Å². The number of carboxylic acid groups (broad SMARTS) is 3. The molecule has 0 saturated carbocycles. The van der Waals surface area contributed by atoms with E-state index in [9.17, 15) is 19.2 Å². The van der Waals surface area contributed by atoms with E-state index in [2.05, 4.69) is 17.9 Å². The lowest BCUT2D eigenvalue weighted by Gasteiger charge is -2.03. The van der Waals surface area contributed by atoms with Gasteiger partial charge in [-0.2, -0.15) is 0 Å². The van der Waals surface area contributed by atoms with Gasteiger partial charge in [-0.3, -0.25) is 14.4 Å². The van der Waals surface area contributed by atoms with Gasteiger partial charge in [-0.05, 0) is 6.92 Å². The average molecular weight is 260 g/mol. The van der Waals surface area contributed by atoms with E-state index in [0.29, 0.717) is 6.26 Å². The number of carboxylic acids is 3. The minimum atomic E-state index is -2.19. The van der Waals surface area contributed by atoms with Gasteiger partial charge in [-0.25, -0.2) is 4.79 Å². The zero-order chi connectivity index (χ0) is 14.9. The summed E-state index contributed by atoms with van der Waals surface area (Å²) in [6, 6.07) is 0. The van der Waals surface area contributed by atoms with Crippen LogP contribution in [0.5, 0.6) is 0 Å². The number of rotatable bonds is 5. The molecule has 0 heterocycles. The van der Waals surface area contributed by atoms with E-state index in [1.807, 2.05) is 0 Å². The molecule has 0 aromatic heterocycles. The first-order valence-electron chi connectivity index (χ1n) is 4.30. The van der Waals surface area contributed by atoms with E-state index < -0.39 is 29.8 Å². The Hall–Kier alpha value is -2.64. The van der Waals surface area contributed by atoms with E-state index >= 15 is 0 Å². The SMILES string of the molecule is C=C(C)C(=O)O.C=COC(=O)C(C(=O)O)C(=O)O. The Labute approximate surface area is 102 Å². The highest BCUT2D eigenvalue weighted by Crippen LogP contribution is 2.00. The lowest BCUT2D eigenvalue weighted by molar-refractivity contribution is -0.164. The Morgan fingerprint density at radius 3 is 1.61 bits per heavy atom. The van der Waals surface area contributed by atoms with Gasteiger partial charge in [0.2, 0.25) is 0 Å². The van der Waals surface area contributed by atoms with Crippen molar-refractivity contribution in [1.82, 2.24) is 0 Å². The van der Waals surface area contributed by atoms with E-state index in [-0.39, 0.29) is 5.57 Å². The zero-order valence-corrected chi connectivity index (χ0v) is 9.45. The van der Waals surface area contributed by atoms with Crippen LogP contribution in [0.3, 0.4) is 0 Å². The van der Waals surface area contributed by atoms with E-state index in [0.717, 1.165) is 0 Å². The maximum atomic E-state index is 10.6. The molecule has 0 atom stereocenters. The Morgan fingerprint density at radius 2 is 1.44 bits per heavy atom. The van der Waals surface area contributed by atoms with Crippen LogP contribution in [0.2, 0.25) is 0 Å². The zero-order valence-electron chi connectivity index (χ0n) is 9.45. The van der Waals surface area contributed by atoms with Crippen LogP contribution < -0.4 is 0 Å². The smallest absolute Gasteiger partial charge is 0.336 e. The van der Waals surface area contributed by atoms with Gasteiger partial charge < -0.3 is 20.1 Å². The lowest BCUT2D eigenvalue weighted by atomic mass is 10.1. The van der Waals surface area contributed by atoms with Crippen LogP contribution in [-0.2, 0) is 23.9 Å². The fraction of sp³-hybridized carbons (Fsp3) is 0.200. The average Bonchev–Trinajstić information content (AvgIpc) is 2.17. The molecule has 0 aliphatic carbocycles. The maximum Gasteiger partial charge on any atom is 0.336 e. The fourth-order valence-corrected chi connectivity index (χ4v) is 0.457. The Balaban J connectivity index is 0. The Bertz CT molecular complexity index is 355. The van der Waals surface area contributed by atoms with Crippen molar-refractivity contribution < 1.29 is 39.2 Å². The van der Waals surface area contributed by atoms with Crippen molar-refractivity contribution in [2.24, 2.45) is 5.92 Å². The maximum absolute atomic E-state index is 10.6. The lowest BCUT2D eigenvalue weighted by Crippen LogP contribution is -2.32. The molecule has 0 saturated heterocycles. The van der Waals surface area contributed by atoms with Gasteiger partial charge in [0.15, 0.2) is 0 Å². The molecule has 8 heteroatoms. The molecule has 0 radical (unpaired) electrons. The summed E-state index contributed by atoms with van der Waals surface area (Å²) in [5.74, 6) is -8.04. The van der Waals surface area contributed by atoms with Gasteiger partial charge in [0, 0.05) is 5.57 Å². The third kappa shape index (κ3) is 7.63. The summed E-state index contributed by atoms with van der Waals surface area (Å²) in [6.45, 7) is 7.57. The van der Waals surface area contributed by atoms with Crippen molar-refractivity contribution in [3.8, 4) is 0 Å². The Kier molecular flexibility index (Phi) is 8.38. The van der Waals surface area contributed by atoms with Crippen LogP contribution in [0.15, 0.2) is 25.0 Å². The van der Waals surface area contributed by atoms with Gasteiger partial charge >= 0.3 is 23.9 Å². The second-order valence-electron chi connectivity index (χ2n) is 2.80. The molecule has 0 aliphatic heterocycles. The largest absolute Gasteiger partial charge is 0.480 e. The third-order valence-corrected chi connectivity index (χ3v) is 1.29. The number of carbonyl (C=O) groups is 4. The minimum Gasteiger partial charge on any atom is -0.480 e. The number of carbonyl (C=O) groups excluding carboxylic acids is 1. The molecule has 8 nitrogen and oxygen atoms in total. The summed E-state index contributed by atoms with van der Waals surface area (Å²) in [5, 5.41) is 24.3. The summed E-state index contributed by atoms with van der Waals surface area (Å²) >= 11 is 0. The van der Waals surface area contributed by atoms with Crippen molar-refractivity contribution >= 4 is 23.9 Å². The molecule has 3 N–H and O–H groups in total. The molecule has 100 valence electrons. The van der Waals surface area contributed by atoms with Gasteiger partial charge in [0.25, 0.3) is 5.92 Å². The summed E-state index contributed by atoms with van der Waals surface area (Å²) < 4.78 is 3.99. The van der Waals surface area contributed by atoms with Crippen LogP contribution in [0, 0.1) is 5.92 Å². The predicted octanol–water partition coefficient (Wildman–Crippen LogP) is 0.106. The first-order chi connectivity index (χ1) is 8.14. The molecule has 0 unspecified atom stereocenters. The molecule has 0 aromatic carbocycles. The summed E-state index contributed by atoms with van der Waals surface area (Å²) in [6.07, 6.45) is 0.668. The highest BCUT2D eigenvalue weighted by molar-refractivity contribution is 6.11. The molecular formula is C10H12O8. The third-order valence-electron chi connectivity index (χ3n) is 1.29. The topological polar surface area (TPSA) is 138 Å². The van der Waals surface area contributed by atoms with Crippen molar-refractivity contribution in [3.63, 3.8) is 0 Å². The van der Waals surface area contributed by atoms with Crippen molar-refractivity contribution in [1.29, 1.82) is 0 Å². The number of ether oxygens (including phenoxy) is 1. The number of hydrogen-bond acceptors (Lipinski definition) is 5. The number of aliphatic carboxylic acids is 3. The first-order valence-corrected chi connectivity index (χ1v) is 4.30. The van der Waals surface area contributed by atoms with Gasteiger partial charge in [-0.15, -0.1) is 0 Å². The first kappa shape index (κ1) is 17.7. The normalized spacial score (nSPS) is 8.56. The molecule has 0 rings (SSSR count). The van der Waals surface area contributed by atoms with Gasteiger partial charge in [0.1, 0.15) is 0 Å². The van der Waals surface area contributed by atoms with Crippen LogP contribution in [0.1, 0.15) is 6.92 Å². The Morgan fingerprint density at radius 1 is 1.11 bits per heavy atom. The summed E-state index contributed by atoms with van der Waals surface area (Å²) in [5.41, 5.74) is 0.176. The molecule has 0 aromatic rings. The van der Waals surface area contributed by atoms with E-state index in [1.165, 1.54) is 6.92 Å². The molecule has 0 bridgehead atoms. The highest BCUT2D eigenvalue weighted by atomic mass is 16.5. The fourth-order valence-electron chi connectivity index (χ4n) is 0.457. The molecule has 0 fully saturated rings. The molecular weight excluding hydrogens is 248 g/mol. The molecule has 0 spiro atoms. The van der Waals surface area contributed by atoms with Gasteiger partial charge in [0.05, 0.1) is 6.26 Å². The number of esters is 1. The molecule has 0 amide bonds.